The van der Waals surface area contributed by atoms with Crippen molar-refractivity contribution >= 4 is 23.0 Å². The second kappa shape index (κ2) is 9.85. The molecule has 0 bridgehead atoms. The number of aryl methyl sites for hydroxylation is 1. The molecule has 0 atom stereocenters. The van der Waals surface area contributed by atoms with Gasteiger partial charge in [-0.15, -0.1) is 0 Å². The van der Waals surface area contributed by atoms with Gasteiger partial charge < -0.3 is 15.4 Å². The van der Waals surface area contributed by atoms with Crippen LogP contribution in [0.15, 0.2) is 72.8 Å². The summed E-state index contributed by atoms with van der Waals surface area (Å²) in [5, 5.41) is 6.97. The van der Waals surface area contributed by atoms with Crippen molar-refractivity contribution < 1.29 is 9.13 Å². The third-order valence-electron chi connectivity index (χ3n) is 4.32. The van der Waals surface area contributed by atoms with Crippen molar-refractivity contribution in [3.05, 3.63) is 95.3 Å². The Morgan fingerprint density at radius 1 is 0.857 bits per heavy atom. The molecule has 5 heteroatoms. The van der Waals surface area contributed by atoms with Crippen molar-refractivity contribution in [3.8, 4) is 5.75 Å². The Kier molecular flexibility index (Phi) is 6.98. The molecule has 0 saturated carbocycles. The van der Waals surface area contributed by atoms with Crippen LogP contribution in [0.3, 0.4) is 0 Å². The summed E-state index contributed by atoms with van der Waals surface area (Å²) in [6, 6.07) is 22.4. The van der Waals surface area contributed by atoms with E-state index in [0.29, 0.717) is 18.3 Å². The molecule has 0 amide bonds. The van der Waals surface area contributed by atoms with Gasteiger partial charge in [-0.25, -0.2) is 4.39 Å². The van der Waals surface area contributed by atoms with Gasteiger partial charge in [-0.3, -0.25) is 0 Å². The van der Waals surface area contributed by atoms with Crippen molar-refractivity contribution in [2.45, 2.75) is 26.5 Å². The summed E-state index contributed by atoms with van der Waals surface area (Å²) >= 11 is 5.35. The van der Waals surface area contributed by atoms with Gasteiger partial charge in [-0.2, -0.15) is 0 Å². The second-order valence-corrected chi connectivity index (χ2v) is 6.83. The second-order valence-electron chi connectivity index (χ2n) is 6.42. The largest absolute Gasteiger partial charge is 0.489 e. The van der Waals surface area contributed by atoms with E-state index in [9.17, 15) is 4.39 Å². The van der Waals surface area contributed by atoms with Crippen LogP contribution in [-0.2, 0) is 19.6 Å². The summed E-state index contributed by atoms with van der Waals surface area (Å²) in [6.45, 7) is 3.16. The highest BCUT2D eigenvalue weighted by molar-refractivity contribution is 7.80. The van der Waals surface area contributed by atoms with E-state index >= 15 is 0 Å². The number of benzene rings is 3. The molecular weight excluding hydrogens is 371 g/mol. The zero-order chi connectivity index (χ0) is 19.8. The van der Waals surface area contributed by atoms with Gasteiger partial charge in [0.25, 0.3) is 0 Å². The van der Waals surface area contributed by atoms with Crippen LogP contribution in [0.25, 0.3) is 0 Å². The lowest BCUT2D eigenvalue weighted by molar-refractivity contribution is 0.306. The highest BCUT2D eigenvalue weighted by Gasteiger charge is 2.01. The minimum atomic E-state index is -0.244. The number of thiocarbonyl (C=S) groups is 1. The van der Waals surface area contributed by atoms with Gasteiger partial charge in [0.2, 0.25) is 0 Å². The first-order valence-electron chi connectivity index (χ1n) is 9.22. The molecule has 0 spiro atoms. The Morgan fingerprint density at radius 2 is 1.46 bits per heavy atom. The van der Waals surface area contributed by atoms with Crippen LogP contribution in [0.2, 0.25) is 0 Å². The maximum atomic E-state index is 12.9. The van der Waals surface area contributed by atoms with Crippen LogP contribution in [-0.4, -0.2) is 5.11 Å². The Bertz CT molecular complexity index is 893. The SMILES string of the molecule is CCc1ccc(NC(=S)NCc2ccc(OCc3ccc(F)cc3)cc2)cc1. The third kappa shape index (κ3) is 6.06. The molecule has 0 saturated heterocycles. The van der Waals surface area contributed by atoms with Gasteiger partial charge in [0.1, 0.15) is 18.2 Å². The molecule has 0 heterocycles. The van der Waals surface area contributed by atoms with Crippen LogP contribution in [0.1, 0.15) is 23.6 Å². The Balaban J connectivity index is 1.44. The lowest BCUT2D eigenvalue weighted by Gasteiger charge is -2.12. The molecule has 0 unspecified atom stereocenters. The van der Waals surface area contributed by atoms with Crippen molar-refractivity contribution in [2.75, 3.05) is 5.32 Å². The fourth-order valence-electron chi connectivity index (χ4n) is 2.63. The monoisotopic (exact) mass is 394 g/mol. The van der Waals surface area contributed by atoms with Crippen molar-refractivity contribution in [2.24, 2.45) is 0 Å². The first-order chi connectivity index (χ1) is 13.6. The quantitative estimate of drug-likeness (QED) is 0.522. The predicted octanol–water partition coefficient (Wildman–Crippen LogP) is 5.45. The molecule has 0 aromatic heterocycles. The van der Waals surface area contributed by atoms with Gasteiger partial charge in [0.05, 0.1) is 0 Å². The van der Waals surface area contributed by atoms with Crippen molar-refractivity contribution in [1.29, 1.82) is 0 Å². The van der Waals surface area contributed by atoms with Gasteiger partial charge in [-0.05, 0) is 71.7 Å². The molecule has 0 radical (unpaired) electrons. The zero-order valence-corrected chi connectivity index (χ0v) is 16.6. The van der Waals surface area contributed by atoms with Crippen LogP contribution >= 0.6 is 12.2 Å². The van der Waals surface area contributed by atoms with Crippen LogP contribution in [0, 0.1) is 5.82 Å². The van der Waals surface area contributed by atoms with Gasteiger partial charge in [0, 0.05) is 12.2 Å². The number of anilines is 1. The molecule has 0 aliphatic carbocycles. The van der Waals surface area contributed by atoms with E-state index in [1.165, 1.54) is 17.7 Å². The third-order valence-corrected chi connectivity index (χ3v) is 4.56. The summed E-state index contributed by atoms with van der Waals surface area (Å²) in [6.07, 6.45) is 1.02. The number of hydrogen-bond acceptors (Lipinski definition) is 2. The summed E-state index contributed by atoms with van der Waals surface area (Å²) < 4.78 is 18.6. The van der Waals surface area contributed by atoms with E-state index in [0.717, 1.165) is 29.0 Å². The summed E-state index contributed by atoms with van der Waals surface area (Å²) in [4.78, 5) is 0. The Morgan fingerprint density at radius 3 is 2.11 bits per heavy atom. The minimum Gasteiger partial charge on any atom is -0.489 e. The highest BCUT2D eigenvalue weighted by Crippen LogP contribution is 2.15. The topological polar surface area (TPSA) is 33.3 Å². The number of halogens is 1. The van der Waals surface area contributed by atoms with E-state index < -0.39 is 0 Å². The lowest BCUT2D eigenvalue weighted by atomic mass is 10.1. The van der Waals surface area contributed by atoms with Crippen LogP contribution in [0.4, 0.5) is 10.1 Å². The lowest BCUT2D eigenvalue weighted by Crippen LogP contribution is -2.27. The Hall–Kier alpha value is -2.92. The average molecular weight is 395 g/mol. The molecule has 144 valence electrons. The highest BCUT2D eigenvalue weighted by atomic mass is 32.1. The summed E-state index contributed by atoms with van der Waals surface area (Å²) in [5.74, 6) is 0.524. The van der Waals surface area contributed by atoms with Gasteiger partial charge >= 0.3 is 0 Å². The number of hydrogen-bond donors (Lipinski definition) is 2. The van der Waals surface area contributed by atoms with Crippen molar-refractivity contribution in [1.82, 2.24) is 5.32 Å². The molecule has 0 fully saturated rings. The van der Waals surface area contributed by atoms with Crippen molar-refractivity contribution in [3.63, 3.8) is 0 Å². The number of ether oxygens (including phenoxy) is 1. The maximum Gasteiger partial charge on any atom is 0.171 e. The number of rotatable bonds is 7. The predicted molar refractivity (Wildman–Crippen MR) is 116 cm³/mol. The fourth-order valence-corrected chi connectivity index (χ4v) is 2.82. The molecule has 0 aliphatic heterocycles. The molecule has 3 aromatic rings. The molecular formula is C23H23FN2OS. The fraction of sp³-hybridized carbons (Fsp3) is 0.174. The molecule has 3 nitrogen and oxygen atoms in total. The minimum absolute atomic E-state index is 0.244. The smallest absolute Gasteiger partial charge is 0.171 e. The Labute approximate surface area is 170 Å². The van der Waals surface area contributed by atoms with E-state index in [2.05, 4.69) is 29.7 Å². The first kappa shape index (κ1) is 19.8. The maximum absolute atomic E-state index is 12.9. The van der Waals surface area contributed by atoms with E-state index in [1.807, 2.05) is 36.4 Å². The first-order valence-corrected chi connectivity index (χ1v) is 9.63. The van der Waals surface area contributed by atoms with Crippen LogP contribution in [0.5, 0.6) is 5.75 Å². The normalized spacial score (nSPS) is 10.4. The van der Waals surface area contributed by atoms with E-state index in [4.69, 9.17) is 17.0 Å². The zero-order valence-electron chi connectivity index (χ0n) is 15.7. The van der Waals surface area contributed by atoms with Gasteiger partial charge in [0.15, 0.2) is 5.11 Å². The molecule has 3 rings (SSSR count). The summed E-state index contributed by atoms with van der Waals surface area (Å²) in [7, 11) is 0. The summed E-state index contributed by atoms with van der Waals surface area (Å²) in [5.41, 5.74) is 4.29. The molecule has 2 N–H and O–H groups in total. The van der Waals surface area contributed by atoms with Crippen LogP contribution < -0.4 is 15.4 Å². The van der Waals surface area contributed by atoms with E-state index in [-0.39, 0.29) is 5.82 Å². The number of nitrogens with one attached hydrogen (secondary N) is 2. The molecule has 0 aliphatic rings. The molecule has 3 aromatic carbocycles. The standard InChI is InChI=1S/C23H23FN2OS/c1-2-17-5-11-21(12-6-17)26-23(28)25-15-18-7-13-22(14-8-18)27-16-19-3-9-20(24)10-4-19/h3-14H,2,15-16H2,1H3,(H2,25,26,28). The van der Waals surface area contributed by atoms with Gasteiger partial charge in [-0.1, -0.05) is 43.3 Å². The van der Waals surface area contributed by atoms with E-state index in [1.54, 1.807) is 12.1 Å². The molecule has 28 heavy (non-hydrogen) atoms. The average Bonchev–Trinajstić information content (AvgIpc) is 2.73.